The van der Waals surface area contributed by atoms with Gasteiger partial charge in [0.2, 0.25) is 0 Å². The Kier molecular flexibility index (Phi) is 4.33. The van der Waals surface area contributed by atoms with Crippen molar-refractivity contribution < 1.29 is 4.74 Å². The molecule has 4 heteroatoms. The highest BCUT2D eigenvalue weighted by Gasteiger charge is 2.06. The predicted octanol–water partition coefficient (Wildman–Crippen LogP) is 3.64. The smallest absolute Gasteiger partial charge is 0.177 e. The Hall–Kier alpha value is -1.39. The van der Waals surface area contributed by atoms with Crippen molar-refractivity contribution in [3.63, 3.8) is 0 Å². The summed E-state index contributed by atoms with van der Waals surface area (Å²) >= 11 is 5.30. The van der Waals surface area contributed by atoms with Crippen molar-refractivity contribution in [3.05, 3.63) is 41.3 Å². The number of H-pyrrole nitrogens is 1. The number of nitrogens with zero attached hydrogens (tertiary/aromatic N) is 1. The summed E-state index contributed by atoms with van der Waals surface area (Å²) in [5.74, 6) is 0. The summed E-state index contributed by atoms with van der Waals surface area (Å²) in [5.41, 5.74) is 2.27. The van der Waals surface area contributed by atoms with E-state index in [1.807, 2.05) is 38.2 Å². The Balaban J connectivity index is 2.20. The molecule has 96 valence electrons. The summed E-state index contributed by atoms with van der Waals surface area (Å²) in [6, 6.07) is 10.2. The second kappa shape index (κ2) is 5.98. The molecule has 1 heterocycles. The van der Waals surface area contributed by atoms with Crippen molar-refractivity contribution in [2.75, 3.05) is 6.61 Å². The lowest BCUT2D eigenvalue weighted by molar-refractivity contribution is 0.0727. The number of imidazole rings is 1. The fourth-order valence-electron chi connectivity index (χ4n) is 1.85. The molecule has 0 amide bonds. The molecule has 1 aromatic heterocycles. The van der Waals surface area contributed by atoms with Crippen LogP contribution in [0, 0.1) is 4.77 Å². The van der Waals surface area contributed by atoms with Gasteiger partial charge in [0, 0.05) is 12.7 Å². The number of nitrogens with one attached hydrogen (secondary N) is 1. The first kappa shape index (κ1) is 13.1. The first-order valence-corrected chi connectivity index (χ1v) is 6.54. The first-order chi connectivity index (χ1) is 8.68. The highest BCUT2D eigenvalue weighted by atomic mass is 32.1. The summed E-state index contributed by atoms with van der Waals surface area (Å²) in [6.45, 7) is 5.51. The Labute approximate surface area is 112 Å². The van der Waals surface area contributed by atoms with E-state index in [4.69, 9.17) is 17.0 Å². The molecule has 0 unspecified atom stereocenters. The van der Waals surface area contributed by atoms with Crippen LogP contribution in [0.15, 0.2) is 36.5 Å². The summed E-state index contributed by atoms with van der Waals surface area (Å²) in [6.07, 6.45) is 2.20. The van der Waals surface area contributed by atoms with E-state index in [-0.39, 0.29) is 6.10 Å². The topological polar surface area (TPSA) is 29.9 Å². The third-order valence-electron chi connectivity index (χ3n) is 2.70. The molecule has 0 fully saturated rings. The van der Waals surface area contributed by atoms with E-state index in [1.165, 1.54) is 0 Å². The number of aromatic nitrogens is 2. The van der Waals surface area contributed by atoms with E-state index in [9.17, 15) is 0 Å². The molecule has 0 saturated carbocycles. The highest BCUT2D eigenvalue weighted by Crippen LogP contribution is 2.19. The second-order valence-electron chi connectivity index (χ2n) is 4.42. The second-order valence-corrected chi connectivity index (χ2v) is 4.80. The number of rotatable bonds is 5. The maximum atomic E-state index is 5.58. The molecule has 18 heavy (non-hydrogen) atoms. The Morgan fingerprint density at radius 1 is 1.28 bits per heavy atom. The van der Waals surface area contributed by atoms with Crippen LogP contribution < -0.4 is 0 Å². The molecular weight excluding hydrogens is 244 g/mol. The summed E-state index contributed by atoms with van der Waals surface area (Å²) in [4.78, 5) is 3.10. The molecule has 0 aliphatic heterocycles. The molecule has 2 rings (SSSR count). The first-order valence-electron chi connectivity index (χ1n) is 6.13. The van der Waals surface area contributed by atoms with Crippen LogP contribution in [0.4, 0.5) is 0 Å². The van der Waals surface area contributed by atoms with E-state index in [1.54, 1.807) is 0 Å². The number of hydrogen-bond donors (Lipinski definition) is 1. The molecule has 1 N–H and O–H groups in total. The average Bonchev–Trinajstić information content (AvgIpc) is 2.72. The van der Waals surface area contributed by atoms with Gasteiger partial charge in [0.05, 0.1) is 18.4 Å². The van der Waals surface area contributed by atoms with Crippen LogP contribution in [0.5, 0.6) is 0 Å². The Morgan fingerprint density at radius 3 is 2.67 bits per heavy atom. The molecule has 1 aromatic carbocycles. The van der Waals surface area contributed by atoms with E-state index in [0.717, 1.165) is 22.6 Å². The van der Waals surface area contributed by atoms with Crippen molar-refractivity contribution in [3.8, 4) is 11.3 Å². The van der Waals surface area contributed by atoms with E-state index in [2.05, 4.69) is 21.7 Å². The number of benzene rings is 1. The standard InChI is InChI=1S/C14H18N2OS/c1-11(2)17-9-8-16-13(10-15-14(16)18)12-6-4-3-5-7-12/h3-7,10-11H,8-9H2,1-2H3,(H,15,18). The van der Waals surface area contributed by atoms with Gasteiger partial charge in [-0.05, 0) is 31.6 Å². The molecule has 3 nitrogen and oxygen atoms in total. The van der Waals surface area contributed by atoms with Crippen molar-refractivity contribution >= 4 is 12.2 Å². The molecule has 0 bridgehead atoms. The average molecular weight is 262 g/mol. The van der Waals surface area contributed by atoms with Gasteiger partial charge in [-0.2, -0.15) is 0 Å². The zero-order valence-corrected chi connectivity index (χ0v) is 11.5. The van der Waals surface area contributed by atoms with Gasteiger partial charge in [0.25, 0.3) is 0 Å². The van der Waals surface area contributed by atoms with Gasteiger partial charge < -0.3 is 14.3 Å². The maximum Gasteiger partial charge on any atom is 0.177 e. The number of aromatic amines is 1. The fourth-order valence-corrected chi connectivity index (χ4v) is 2.09. The lowest BCUT2D eigenvalue weighted by atomic mass is 10.2. The lowest BCUT2D eigenvalue weighted by Crippen LogP contribution is -2.11. The fraction of sp³-hybridized carbons (Fsp3) is 0.357. The molecule has 0 spiro atoms. The third-order valence-corrected chi connectivity index (χ3v) is 3.04. The molecule has 0 aliphatic carbocycles. The van der Waals surface area contributed by atoms with E-state index in [0.29, 0.717) is 6.61 Å². The third kappa shape index (κ3) is 3.09. The van der Waals surface area contributed by atoms with Gasteiger partial charge in [-0.3, -0.25) is 0 Å². The van der Waals surface area contributed by atoms with Crippen molar-refractivity contribution in [1.82, 2.24) is 9.55 Å². The van der Waals surface area contributed by atoms with Crippen LogP contribution in [0.3, 0.4) is 0 Å². The van der Waals surface area contributed by atoms with Crippen LogP contribution >= 0.6 is 12.2 Å². The molecule has 0 saturated heterocycles. The van der Waals surface area contributed by atoms with Gasteiger partial charge in [-0.25, -0.2) is 0 Å². The normalized spacial score (nSPS) is 11.1. The predicted molar refractivity (Wildman–Crippen MR) is 76.1 cm³/mol. The molecular formula is C14H18N2OS. The number of hydrogen-bond acceptors (Lipinski definition) is 2. The van der Waals surface area contributed by atoms with Crippen LogP contribution in [-0.4, -0.2) is 22.3 Å². The Morgan fingerprint density at radius 2 is 2.00 bits per heavy atom. The van der Waals surface area contributed by atoms with Gasteiger partial charge in [0.15, 0.2) is 4.77 Å². The Bertz CT molecular complexity index is 542. The summed E-state index contributed by atoms with van der Waals surface area (Å²) in [7, 11) is 0. The molecule has 0 aliphatic rings. The van der Waals surface area contributed by atoms with Gasteiger partial charge in [0.1, 0.15) is 0 Å². The monoisotopic (exact) mass is 262 g/mol. The van der Waals surface area contributed by atoms with Crippen LogP contribution in [0.2, 0.25) is 0 Å². The van der Waals surface area contributed by atoms with Crippen molar-refractivity contribution in [2.45, 2.75) is 26.5 Å². The van der Waals surface area contributed by atoms with Crippen LogP contribution in [-0.2, 0) is 11.3 Å². The summed E-state index contributed by atoms with van der Waals surface area (Å²) < 4.78 is 8.39. The lowest BCUT2D eigenvalue weighted by Gasteiger charge is -2.11. The van der Waals surface area contributed by atoms with Crippen molar-refractivity contribution in [2.24, 2.45) is 0 Å². The van der Waals surface area contributed by atoms with E-state index < -0.39 is 0 Å². The van der Waals surface area contributed by atoms with Gasteiger partial charge in [-0.1, -0.05) is 30.3 Å². The minimum atomic E-state index is 0.248. The van der Waals surface area contributed by atoms with Crippen molar-refractivity contribution in [1.29, 1.82) is 0 Å². The zero-order valence-electron chi connectivity index (χ0n) is 10.7. The minimum absolute atomic E-state index is 0.248. The van der Waals surface area contributed by atoms with Gasteiger partial charge in [-0.15, -0.1) is 0 Å². The SMILES string of the molecule is CC(C)OCCn1c(-c2ccccc2)c[nH]c1=S. The van der Waals surface area contributed by atoms with Gasteiger partial charge >= 0.3 is 0 Å². The minimum Gasteiger partial charge on any atom is -0.377 e. The summed E-state index contributed by atoms with van der Waals surface area (Å²) in [5, 5.41) is 0. The zero-order chi connectivity index (χ0) is 13.0. The molecule has 0 radical (unpaired) electrons. The number of ether oxygens (including phenoxy) is 1. The van der Waals surface area contributed by atoms with Crippen LogP contribution in [0.1, 0.15) is 13.8 Å². The van der Waals surface area contributed by atoms with Crippen LogP contribution in [0.25, 0.3) is 11.3 Å². The largest absolute Gasteiger partial charge is 0.377 e. The maximum absolute atomic E-state index is 5.58. The molecule has 2 aromatic rings. The quantitative estimate of drug-likeness (QED) is 0.834. The highest BCUT2D eigenvalue weighted by molar-refractivity contribution is 7.71. The molecule has 0 atom stereocenters. The van der Waals surface area contributed by atoms with E-state index >= 15 is 0 Å².